The molecule has 0 bridgehead atoms. The molecule has 0 aliphatic rings. The van der Waals surface area contributed by atoms with Crippen molar-refractivity contribution in [3.8, 4) is 0 Å². The van der Waals surface area contributed by atoms with Gasteiger partial charge in [0.2, 0.25) is 15.9 Å². The highest BCUT2D eigenvalue weighted by Gasteiger charge is 2.24. The van der Waals surface area contributed by atoms with Crippen molar-refractivity contribution in [2.75, 3.05) is 23.4 Å². The quantitative estimate of drug-likeness (QED) is 0.701. The maximum atomic E-state index is 14.0. The van der Waals surface area contributed by atoms with Crippen molar-refractivity contribution in [1.29, 1.82) is 0 Å². The Labute approximate surface area is 168 Å². The Morgan fingerprint density at radius 1 is 1.03 bits per heavy atom. The van der Waals surface area contributed by atoms with E-state index < -0.39 is 55.7 Å². The van der Waals surface area contributed by atoms with Gasteiger partial charge >= 0.3 is 0 Å². The number of hydrogen-bond acceptors (Lipinski definition) is 5. The number of sulfonamides is 1. The molecule has 0 radical (unpaired) electrons. The molecular formula is C18H20F2N2O5S2. The predicted octanol–water partition coefficient (Wildman–Crippen LogP) is 2.01. The van der Waals surface area contributed by atoms with E-state index in [0.29, 0.717) is 15.9 Å². The van der Waals surface area contributed by atoms with E-state index in [9.17, 15) is 30.4 Å². The summed E-state index contributed by atoms with van der Waals surface area (Å²) in [7, 11) is -7.39. The molecule has 0 saturated carbocycles. The molecule has 158 valence electrons. The van der Waals surface area contributed by atoms with Gasteiger partial charge in [-0.3, -0.25) is 9.10 Å². The van der Waals surface area contributed by atoms with Crippen LogP contribution in [0.3, 0.4) is 0 Å². The number of nitrogens with zero attached hydrogens (tertiary/aromatic N) is 1. The summed E-state index contributed by atoms with van der Waals surface area (Å²) in [5.74, 6) is -2.72. The molecule has 0 fully saturated rings. The summed E-state index contributed by atoms with van der Waals surface area (Å²) < 4.78 is 74.7. The number of sulfone groups is 1. The van der Waals surface area contributed by atoms with Crippen molar-refractivity contribution in [2.24, 2.45) is 0 Å². The van der Waals surface area contributed by atoms with Crippen LogP contribution in [0, 0.1) is 11.6 Å². The van der Waals surface area contributed by atoms with Crippen LogP contribution in [-0.4, -0.2) is 41.8 Å². The first-order valence-electron chi connectivity index (χ1n) is 8.31. The standard InChI is InChI=1S/C18H20F2N2O5S2/c1-12(13-4-7-15(8-5-13)28(2,24)25)21-18(23)11-22(29(3,26)27)17-9-6-14(19)10-16(17)20/h4-10,12H,11H2,1-3H3,(H,21,23)/t12-/m1/s1. The van der Waals surface area contributed by atoms with Gasteiger partial charge in [0, 0.05) is 12.3 Å². The van der Waals surface area contributed by atoms with E-state index in [-0.39, 0.29) is 4.90 Å². The molecule has 0 spiro atoms. The van der Waals surface area contributed by atoms with Gasteiger partial charge in [0.1, 0.15) is 18.2 Å². The van der Waals surface area contributed by atoms with E-state index in [1.165, 1.54) is 24.3 Å². The minimum Gasteiger partial charge on any atom is -0.348 e. The lowest BCUT2D eigenvalue weighted by Crippen LogP contribution is -2.41. The van der Waals surface area contributed by atoms with E-state index in [2.05, 4.69) is 5.32 Å². The second-order valence-electron chi connectivity index (χ2n) is 6.50. The maximum absolute atomic E-state index is 14.0. The molecule has 2 rings (SSSR count). The fraction of sp³-hybridized carbons (Fsp3) is 0.278. The first kappa shape index (κ1) is 22.8. The number of anilines is 1. The van der Waals surface area contributed by atoms with Gasteiger partial charge in [-0.1, -0.05) is 12.1 Å². The van der Waals surface area contributed by atoms with Gasteiger partial charge in [-0.25, -0.2) is 25.6 Å². The second kappa shape index (κ2) is 8.46. The van der Waals surface area contributed by atoms with Crippen LogP contribution in [-0.2, 0) is 24.7 Å². The van der Waals surface area contributed by atoms with Gasteiger partial charge in [-0.15, -0.1) is 0 Å². The Hall–Kier alpha value is -2.53. The zero-order chi connectivity index (χ0) is 22.0. The first-order valence-corrected chi connectivity index (χ1v) is 12.0. The number of hydrogen-bond donors (Lipinski definition) is 1. The van der Waals surface area contributed by atoms with Crippen molar-refractivity contribution in [3.63, 3.8) is 0 Å². The first-order chi connectivity index (χ1) is 13.3. The van der Waals surface area contributed by atoms with Gasteiger partial charge < -0.3 is 5.32 Å². The summed E-state index contributed by atoms with van der Waals surface area (Å²) in [4.78, 5) is 12.5. The van der Waals surface area contributed by atoms with Crippen LogP contribution in [0.1, 0.15) is 18.5 Å². The van der Waals surface area contributed by atoms with Crippen LogP contribution < -0.4 is 9.62 Å². The Kier molecular flexibility index (Phi) is 6.63. The molecule has 0 aliphatic carbocycles. The van der Waals surface area contributed by atoms with Crippen molar-refractivity contribution in [3.05, 3.63) is 59.7 Å². The normalized spacial score (nSPS) is 13.0. The molecule has 1 N–H and O–H groups in total. The smallest absolute Gasteiger partial charge is 0.241 e. The van der Waals surface area contributed by atoms with E-state index in [1.807, 2.05) is 0 Å². The number of amides is 1. The number of rotatable bonds is 7. The number of nitrogens with one attached hydrogen (secondary N) is 1. The summed E-state index contributed by atoms with van der Waals surface area (Å²) >= 11 is 0. The number of carbonyl (C=O) groups excluding carboxylic acids is 1. The molecule has 0 unspecified atom stereocenters. The third-order valence-electron chi connectivity index (χ3n) is 4.05. The molecule has 0 aromatic heterocycles. The SMILES string of the molecule is C[C@@H](NC(=O)CN(c1ccc(F)cc1F)S(C)(=O)=O)c1ccc(S(C)(=O)=O)cc1. The average molecular weight is 446 g/mol. The zero-order valence-corrected chi connectivity index (χ0v) is 17.5. The van der Waals surface area contributed by atoms with Crippen LogP contribution in [0.2, 0.25) is 0 Å². The van der Waals surface area contributed by atoms with Crippen molar-refractivity contribution in [1.82, 2.24) is 5.32 Å². The van der Waals surface area contributed by atoms with Crippen molar-refractivity contribution < 1.29 is 30.4 Å². The van der Waals surface area contributed by atoms with Gasteiger partial charge in [0.15, 0.2) is 9.84 Å². The van der Waals surface area contributed by atoms with E-state index in [0.717, 1.165) is 24.6 Å². The van der Waals surface area contributed by atoms with Gasteiger partial charge in [-0.2, -0.15) is 0 Å². The topological polar surface area (TPSA) is 101 Å². The van der Waals surface area contributed by atoms with E-state index in [1.54, 1.807) is 6.92 Å². The highest BCUT2D eigenvalue weighted by Crippen LogP contribution is 2.23. The lowest BCUT2D eigenvalue weighted by atomic mass is 10.1. The third kappa shape index (κ3) is 5.97. The largest absolute Gasteiger partial charge is 0.348 e. The van der Waals surface area contributed by atoms with Crippen LogP contribution in [0.5, 0.6) is 0 Å². The summed E-state index contributed by atoms with van der Waals surface area (Å²) in [6, 6.07) is 7.61. The number of carbonyl (C=O) groups is 1. The highest BCUT2D eigenvalue weighted by molar-refractivity contribution is 7.92. The molecule has 0 aliphatic heterocycles. The summed E-state index contributed by atoms with van der Waals surface area (Å²) in [6.45, 7) is 0.907. The van der Waals surface area contributed by atoms with Gasteiger partial charge in [0.25, 0.3) is 0 Å². The Morgan fingerprint density at radius 3 is 2.10 bits per heavy atom. The lowest BCUT2D eigenvalue weighted by molar-refractivity contribution is -0.120. The Bertz CT molecular complexity index is 1120. The molecule has 0 saturated heterocycles. The minimum absolute atomic E-state index is 0.120. The number of benzene rings is 2. The molecule has 0 heterocycles. The fourth-order valence-corrected chi connectivity index (χ4v) is 4.06. The van der Waals surface area contributed by atoms with Crippen LogP contribution in [0.4, 0.5) is 14.5 Å². The zero-order valence-electron chi connectivity index (χ0n) is 15.9. The average Bonchev–Trinajstić information content (AvgIpc) is 2.58. The lowest BCUT2D eigenvalue weighted by Gasteiger charge is -2.23. The molecule has 1 atom stereocenters. The van der Waals surface area contributed by atoms with E-state index >= 15 is 0 Å². The maximum Gasteiger partial charge on any atom is 0.241 e. The summed E-state index contributed by atoms with van der Waals surface area (Å²) in [6.07, 6.45) is 1.87. The highest BCUT2D eigenvalue weighted by atomic mass is 32.2. The Balaban J connectivity index is 2.18. The summed E-state index contributed by atoms with van der Waals surface area (Å²) in [5, 5.41) is 2.57. The molecule has 2 aromatic rings. The van der Waals surface area contributed by atoms with Crippen LogP contribution in [0.15, 0.2) is 47.4 Å². The molecule has 29 heavy (non-hydrogen) atoms. The summed E-state index contributed by atoms with van der Waals surface area (Å²) in [5.41, 5.74) is 0.138. The van der Waals surface area contributed by atoms with Crippen LogP contribution in [0.25, 0.3) is 0 Å². The molecule has 1 amide bonds. The molecule has 11 heteroatoms. The molecule has 7 nitrogen and oxygen atoms in total. The fourth-order valence-electron chi connectivity index (χ4n) is 2.57. The van der Waals surface area contributed by atoms with Gasteiger partial charge in [-0.05, 0) is 36.8 Å². The monoisotopic (exact) mass is 446 g/mol. The number of halogens is 2. The predicted molar refractivity (Wildman–Crippen MR) is 105 cm³/mol. The van der Waals surface area contributed by atoms with E-state index in [4.69, 9.17) is 0 Å². The third-order valence-corrected chi connectivity index (χ3v) is 6.31. The van der Waals surface area contributed by atoms with Crippen molar-refractivity contribution in [2.45, 2.75) is 17.9 Å². The second-order valence-corrected chi connectivity index (χ2v) is 10.4. The molecular weight excluding hydrogens is 426 g/mol. The molecule has 2 aromatic carbocycles. The Morgan fingerprint density at radius 2 is 1.62 bits per heavy atom. The van der Waals surface area contributed by atoms with Crippen molar-refractivity contribution >= 4 is 31.5 Å². The minimum atomic E-state index is -4.03. The van der Waals surface area contributed by atoms with Gasteiger partial charge in [0.05, 0.1) is 22.9 Å². The van der Waals surface area contributed by atoms with Crippen LogP contribution >= 0.6 is 0 Å².